The van der Waals surface area contributed by atoms with Crippen molar-refractivity contribution in [2.75, 3.05) is 52.0 Å². The van der Waals surface area contributed by atoms with Gasteiger partial charge in [-0.25, -0.2) is 0 Å². The molecule has 0 aliphatic rings. The molecule has 0 aliphatic heterocycles. The third-order valence-electron chi connectivity index (χ3n) is 1.79. The Hall–Kier alpha value is -0.560. The molecule has 0 unspecified atom stereocenters. The van der Waals surface area contributed by atoms with Crippen molar-refractivity contribution in [3.05, 3.63) is 12.7 Å². The Bertz CT molecular complexity index is 211. The number of carbonyl (C=O) groups excluding carboxylic acids is 1. The first-order valence-corrected chi connectivity index (χ1v) is 6.55. The number of thiol groups is 1. The number of rotatable bonds is 13. The second kappa shape index (κ2) is 14.5. The Kier molecular flexibility index (Phi) is 14.0. The zero-order valence-electron chi connectivity index (χ0n) is 10.6. The molecule has 0 amide bonds. The van der Waals surface area contributed by atoms with Crippen LogP contribution in [0.3, 0.4) is 0 Å². The van der Waals surface area contributed by atoms with Gasteiger partial charge in [0.25, 0.3) is 0 Å². The molecule has 0 atom stereocenters. The molecule has 0 spiro atoms. The van der Waals surface area contributed by atoms with Crippen LogP contribution in [-0.4, -0.2) is 58.0 Å². The standard InChI is InChI=1S/C12H22O5S/c1-2-4-14-5-6-15-7-8-16-9-10-17-12(13)3-11-18/h2,18H,1,3-11H2. The van der Waals surface area contributed by atoms with E-state index in [1.165, 1.54) is 0 Å². The molecule has 6 heteroatoms. The minimum absolute atomic E-state index is 0.246. The molecule has 0 heterocycles. The van der Waals surface area contributed by atoms with Crippen LogP contribution in [0.5, 0.6) is 0 Å². The summed E-state index contributed by atoms with van der Waals surface area (Å²) in [5, 5.41) is 0. The van der Waals surface area contributed by atoms with E-state index in [2.05, 4.69) is 19.2 Å². The van der Waals surface area contributed by atoms with Gasteiger partial charge in [0, 0.05) is 5.75 Å². The molecule has 0 fully saturated rings. The molecule has 0 rings (SSSR count). The van der Waals surface area contributed by atoms with Gasteiger partial charge in [0.2, 0.25) is 0 Å². The molecule has 0 saturated carbocycles. The minimum Gasteiger partial charge on any atom is -0.463 e. The van der Waals surface area contributed by atoms with Crippen LogP contribution in [0.4, 0.5) is 0 Å². The lowest BCUT2D eigenvalue weighted by Crippen LogP contribution is -2.14. The molecule has 5 nitrogen and oxygen atoms in total. The highest BCUT2D eigenvalue weighted by Gasteiger charge is 1.99. The number of ether oxygens (including phenoxy) is 4. The van der Waals surface area contributed by atoms with Crippen LogP contribution < -0.4 is 0 Å². The average molecular weight is 278 g/mol. The number of esters is 1. The van der Waals surface area contributed by atoms with Crippen LogP contribution in [0.15, 0.2) is 12.7 Å². The van der Waals surface area contributed by atoms with Crippen LogP contribution in [-0.2, 0) is 23.7 Å². The lowest BCUT2D eigenvalue weighted by Gasteiger charge is -2.06. The maximum absolute atomic E-state index is 10.9. The number of hydrogen-bond donors (Lipinski definition) is 1. The van der Waals surface area contributed by atoms with Crippen molar-refractivity contribution >= 4 is 18.6 Å². The monoisotopic (exact) mass is 278 g/mol. The van der Waals surface area contributed by atoms with Crippen LogP contribution in [0.25, 0.3) is 0 Å². The van der Waals surface area contributed by atoms with Gasteiger partial charge in [0.05, 0.1) is 46.1 Å². The summed E-state index contributed by atoms with van der Waals surface area (Å²) >= 11 is 3.93. The lowest BCUT2D eigenvalue weighted by molar-refractivity contribution is -0.144. The summed E-state index contributed by atoms with van der Waals surface area (Å²) in [6, 6.07) is 0. The minimum atomic E-state index is -0.246. The van der Waals surface area contributed by atoms with Gasteiger partial charge >= 0.3 is 5.97 Å². The van der Waals surface area contributed by atoms with E-state index in [1.54, 1.807) is 6.08 Å². The highest BCUT2D eigenvalue weighted by molar-refractivity contribution is 7.80. The predicted octanol–water partition coefficient (Wildman–Crippen LogP) is 1.09. The Morgan fingerprint density at radius 3 is 2.11 bits per heavy atom. The molecule has 0 aromatic carbocycles. The highest BCUT2D eigenvalue weighted by Crippen LogP contribution is 1.89. The van der Waals surface area contributed by atoms with E-state index in [9.17, 15) is 4.79 Å². The summed E-state index contributed by atoms with van der Waals surface area (Å²) in [4.78, 5) is 10.9. The fourth-order valence-electron chi connectivity index (χ4n) is 0.984. The SMILES string of the molecule is C=CCOCCOCCOCCOC(=O)CCS. The van der Waals surface area contributed by atoms with Crippen molar-refractivity contribution in [3.8, 4) is 0 Å². The third-order valence-corrected chi connectivity index (χ3v) is 2.01. The zero-order valence-corrected chi connectivity index (χ0v) is 11.5. The smallest absolute Gasteiger partial charge is 0.306 e. The van der Waals surface area contributed by atoms with Crippen LogP contribution >= 0.6 is 12.6 Å². The zero-order chi connectivity index (χ0) is 13.5. The molecule has 0 radical (unpaired) electrons. The van der Waals surface area contributed by atoms with Gasteiger partial charge in [-0.3, -0.25) is 4.79 Å². The molecule has 0 aliphatic carbocycles. The van der Waals surface area contributed by atoms with E-state index in [0.717, 1.165) is 0 Å². The second-order valence-electron chi connectivity index (χ2n) is 3.28. The fraction of sp³-hybridized carbons (Fsp3) is 0.750. The summed E-state index contributed by atoms with van der Waals surface area (Å²) in [7, 11) is 0. The van der Waals surface area contributed by atoms with Crippen molar-refractivity contribution in [2.24, 2.45) is 0 Å². The third kappa shape index (κ3) is 13.5. The van der Waals surface area contributed by atoms with Crippen molar-refractivity contribution in [2.45, 2.75) is 6.42 Å². The maximum Gasteiger partial charge on any atom is 0.306 e. The largest absolute Gasteiger partial charge is 0.463 e. The average Bonchev–Trinajstić information content (AvgIpc) is 2.36. The Morgan fingerprint density at radius 1 is 1.00 bits per heavy atom. The predicted molar refractivity (Wildman–Crippen MR) is 72.1 cm³/mol. The van der Waals surface area contributed by atoms with Gasteiger partial charge in [-0.05, 0) is 0 Å². The van der Waals surface area contributed by atoms with Crippen molar-refractivity contribution in [1.82, 2.24) is 0 Å². The quantitative estimate of drug-likeness (QED) is 0.236. The topological polar surface area (TPSA) is 54.0 Å². The maximum atomic E-state index is 10.9. The lowest BCUT2D eigenvalue weighted by atomic mass is 10.5. The Balaban J connectivity index is 3.03. The fourth-order valence-corrected chi connectivity index (χ4v) is 1.17. The molecular formula is C12H22O5S. The summed E-state index contributed by atoms with van der Waals surface area (Å²) in [5.74, 6) is 0.255. The molecular weight excluding hydrogens is 256 g/mol. The second-order valence-corrected chi connectivity index (χ2v) is 3.73. The van der Waals surface area contributed by atoms with E-state index < -0.39 is 0 Å². The molecule has 0 aromatic heterocycles. The number of carbonyl (C=O) groups is 1. The first kappa shape index (κ1) is 17.4. The molecule has 0 aromatic rings. The van der Waals surface area contributed by atoms with E-state index >= 15 is 0 Å². The first-order valence-electron chi connectivity index (χ1n) is 5.92. The Labute approximate surface area is 114 Å². The summed E-state index contributed by atoms with van der Waals surface area (Å²) < 4.78 is 20.5. The molecule has 0 N–H and O–H groups in total. The van der Waals surface area contributed by atoms with E-state index in [-0.39, 0.29) is 12.6 Å². The van der Waals surface area contributed by atoms with Crippen LogP contribution in [0.1, 0.15) is 6.42 Å². The van der Waals surface area contributed by atoms with E-state index in [0.29, 0.717) is 51.8 Å². The van der Waals surface area contributed by atoms with E-state index in [1.807, 2.05) is 0 Å². The van der Waals surface area contributed by atoms with Gasteiger partial charge in [-0.1, -0.05) is 6.08 Å². The van der Waals surface area contributed by atoms with Gasteiger partial charge in [0.15, 0.2) is 0 Å². The van der Waals surface area contributed by atoms with Gasteiger partial charge < -0.3 is 18.9 Å². The van der Waals surface area contributed by atoms with Crippen molar-refractivity contribution in [3.63, 3.8) is 0 Å². The van der Waals surface area contributed by atoms with Gasteiger partial charge in [0.1, 0.15) is 6.61 Å². The molecule has 0 saturated heterocycles. The normalized spacial score (nSPS) is 10.3. The number of hydrogen-bond acceptors (Lipinski definition) is 6. The summed E-state index contributed by atoms with van der Waals surface area (Å²) in [6.07, 6.45) is 2.02. The summed E-state index contributed by atoms with van der Waals surface area (Å²) in [6.45, 7) is 6.79. The van der Waals surface area contributed by atoms with E-state index in [4.69, 9.17) is 18.9 Å². The molecule has 18 heavy (non-hydrogen) atoms. The van der Waals surface area contributed by atoms with Crippen LogP contribution in [0, 0.1) is 0 Å². The highest BCUT2D eigenvalue weighted by atomic mass is 32.1. The van der Waals surface area contributed by atoms with Crippen LogP contribution in [0.2, 0.25) is 0 Å². The first-order chi connectivity index (χ1) is 8.81. The van der Waals surface area contributed by atoms with Gasteiger partial charge in [-0.15, -0.1) is 6.58 Å². The van der Waals surface area contributed by atoms with Crippen molar-refractivity contribution in [1.29, 1.82) is 0 Å². The molecule has 0 bridgehead atoms. The Morgan fingerprint density at radius 2 is 1.56 bits per heavy atom. The molecule has 106 valence electrons. The van der Waals surface area contributed by atoms with Gasteiger partial charge in [-0.2, -0.15) is 12.6 Å². The summed E-state index contributed by atoms with van der Waals surface area (Å²) in [5.41, 5.74) is 0. The van der Waals surface area contributed by atoms with Crippen molar-refractivity contribution < 1.29 is 23.7 Å².